The Kier molecular flexibility index (Phi) is 3.22. The van der Waals surface area contributed by atoms with Crippen molar-refractivity contribution in [1.82, 2.24) is 9.97 Å². The van der Waals surface area contributed by atoms with Crippen LogP contribution in [0.5, 0.6) is 0 Å². The van der Waals surface area contributed by atoms with E-state index in [1.54, 1.807) is 0 Å². The molecule has 16 heavy (non-hydrogen) atoms. The number of nitrogens with one attached hydrogen (secondary N) is 1. The van der Waals surface area contributed by atoms with Crippen molar-refractivity contribution in [3.63, 3.8) is 0 Å². The van der Waals surface area contributed by atoms with Crippen molar-refractivity contribution < 1.29 is 9.50 Å². The van der Waals surface area contributed by atoms with Gasteiger partial charge in [0.15, 0.2) is 0 Å². The van der Waals surface area contributed by atoms with Gasteiger partial charge in [-0.15, -0.1) is 0 Å². The molecule has 1 aromatic carbocycles. The van der Waals surface area contributed by atoms with Gasteiger partial charge in [-0.25, -0.2) is 9.37 Å². The number of rotatable bonds is 3. The molecule has 0 bridgehead atoms. The number of halogens is 2. The molecule has 84 valence electrons. The van der Waals surface area contributed by atoms with Crippen LogP contribution in [-0.2, 0) is 6.42 Å². The maximum Gasteiger partial charge on any atom is 0.132 e. The van der Waals surface area contributed by atoms with Crippen molar-refractivity contribution in [3.8, 4) is 11.3 Å². The number of aliphatic hydroxyl groups excluding tert-OH is 1. The van der Waals surface area contributed by atoms with Gasteiger partial charge in [0.25, 0.3) is 0 Å². The topological polar surface area (TPSA) is 48.9 Å². The maximum absolute atomic E-state index is 13.5. The summed E-state index contributed by atoms with van der Waals surface area (Å²) in [5.74, 6) is 0.264. The van der Waals surface area contributed by atoms with Crippen molar-refractivity contribution in [2.75, 3.05) is 6.61 Å². The van der Waals surface area contributed by atoms with E-state index in [-0.39, 0.29) is 12.4 Å². The molecule has 0 aliphatic rings. The Balaban J connectivity index is 2.38. The number of imidazole rings is 1. The minimum atomic E-state index is -0.358. The molecule has 0 fully saturated rings. The van der Waals surface area contributed by atoms with E-state index in [1.807, 2.05) is 0 Å². The van der Waals surface area contributed by atoms with Gasteiger partial charge in [0.05, 0.1) is 18.5 Å². The smallest absolute Gasteiger partial charge is 0.132 e. The van der Waals surface area contributed by atoms with E-state index in [0.29, 0.717) is 28.5 Å². The average molecular weight is 241 g/mol. The summed E-state index contributed by atoms with van der Waals surface area (Å²) in [6.07, 6.45) is 1.95. The predicted octanol–water partition coefficient (Wildman–Crippen LogP) is 2.40. The average Bonchev–Trinajstić information content (AvgIpc) is 2.71. The fourth-order valence-electron chi connectivity index (χ4n) is 1.44. The number of aromatic amines is 1. The monoisotopic (exact) mass is 240 g/mol. The first-order chi connectivity index (χ1) is 7.70. The second-order valence-electron chi connectivity index (χ2n) is 3.34. The molecule has 2 rings (SSSR count). The van der Waals surface area contributed by atoms with E-state index in [4.69, 9.17) is 16.7 Å². The number of hydrogen-bond acceptors (Lipinski definition) is 2. The lowest BCUT2D eigenvalue weighted by molar-refractivity contribution is 0.297. The molecule has 0 saturated heterocycles. The van der Waals surface area contributed by atoms with Crippen LogP contribution in [0.15, 0.2) is 24.4 Å². The Morgan fingerprint density at radius 1 is 1.44 bits per heavy atom. The molecular formula is C11H10ClFN2O. The molecule has 0 amide bonds. The lowest BCUT2D eigenvalue weighted by atomic mass is 10.1. The lowest BCUT2D eigenvalue weighted by Crippen LogP contribution is -1.92. The van der Waals surface area contributed by atoms with E-state index >= 15 is 0 Å². The zero-order valence-electron chi connectivity index (χ0n) is 8.37. The molecule has 5 heteroatoms. The standard InChI is InChI=1S/C11H10ClFN2O/c12-7-1-2-9(13)8(5-7)10-6-14-11(15-10)3-4-16/h1-2,5-6,16H,3-4H2,(H,14,15). The Morgan fingerprint density at radius 2 is 2.25 bits per heavy atom. The normalized spacial score (nSPS) is 10.7. The molecule has 2 N–H and O–H groups in total. The SMILES string of the molecule is OCCc1ncc(-c2cc(Cl)ccc2F)[nH]1. The fraction of sp³-hybridized carbons (Fsp3) is 0.182. The second-order valence-corrected chi connectivity index (χ2v) is 3.78. The van der Waals surface area contributed by atoms with Gasteiger partial charge in [0, 0.05) is 17.0 Å². The Hall–Kier alpha value is -1.39. The maximum atomic E-state index is 13.5. The van der Waals surface area contributed by atoms with Crippen molar-refractivity contribution in [2.45, 2.75) is 6.42 Å². The minimum absolute atomic E-state index is 0.00494. The van der Waals surface area contributed by atoms with Crippen molar-refractivity contribution in [1.29, 1.82) is 0 Å². The van der Waals surface area contributed by atoms with Crippen LogP contribution >= 0.6 is 11.6 Å². The first-order valence-electron chi connectivity index (χ1n) is 4.81. The van der Waals surface area contributed by atoms with Crippen molar-refractivity contribution in [3.05, 3.63) is 41.1 Å². The minimum Gasteiger partial charge on any atom is -0.396 e. The fourth-order valence-corrected chi connectivity index (χ4v) is 1.61. The second kappa shape index (κ2) is 4.63. The highest BCUT2D eigenvalue weighted by molar-refractivity contribution is 6.30. The van der Waals surface area contributed by atoms with E-state index in [1.165, 1.54) is 24.4 Å². The Labute approximate surface area is 96.9 Å². The van der Waals surface area contributed by atoms with Gasteiger partial charge in [-0.05, 0) is 18.2 Å². The molecule has 0 aliphatic carbocycles. The summed E-state index contributed by atoms with van der Waals surface area (Å²) in [5.41, 5.74) is 0.938. The summed E-state index contributed by atoms with van der Waals surface area (Å²) in [6, 6.07) is 4.34. The highest BCUT2D eigenvalue weighted by atomic mass is 35.5. The summed E-state index contributed by atoms with van der Waals surface area (Å²) >= 11 is 5.79. The van der Waals surface area contributed by atoms with Gasteiger partial charge in [-0.1, -0.05) is 11.6 Å². The van der Waals surface area contributed by atoms with E-state index in [2.05, 4.69) is 9.97 Å². The van der Waals surface area contributed by atoms with E-state index < -0.39 is 0 Å². The number of nitrogens with zero attached hydrogens (tertiary/aromatic N) is 1. The van der Waals surface area contributed by atoms with Gasteiger partial charge in [0.2, 0.25) is 0 Å². The summed E-state index contributed by atoms with van der Waals surface area (Å²) in [4.78, 5) is 6.96. The summed E-state index contributed by atoms with van der Waals surface area (Å²) in [5, 5.41) is 9.21. The van der Waals surface area contributed by atoms with Crippen LogP contribution in [0.25, 0.3) is 11.3 Å². The molecular weight excluding hydrogens is 231 g/mol. The molecule has 3 nitrogen and oxygen atoms in total. The van der Waals surface area contributed by atoms with Gasteiger partial charge >= 0.3 is 0 Å². The lowest BCUT2D eigenvalue weighted by Gasteiger charge is -2.00. The van der Waals surface area contributed by atoms with Crippen LogP contribution < -0.4 is 0 Å². The molecule has 0 unspecified atom stereocenters. The third-order valence-corrected chi connectivity index (χ3v) is 2.43. The predicted molar refractivity (Wildman–Crippen MR) is 59.8 cm³/mol. The molecule has 0 atom stereocenters. The quantitative estimate of drug-likeness (QED) is 0.866. The highest BCUT2D eigenvalue weighted by Crippen LogP contribution is 2.24. The number of aliphatic hydroxyl groups is 1. The molecule has 1 aromatic heterocycles. The zero-order chi connectivity index (χ0) is 11.5. The number of aromatic nitrogens is 2. The van der Waals surface area contributed by atoms with Crippen molar-refractivity contribution in [2.24, 2.45) is 0 Å². The third kappa shape index (κ3) is 2.23. The van der Waals surface area contributed by atoms with Crippen LogP contribution in [0.3, 0.4) is 0 Å². The first kappa shape index (κ1) is 11.1. The molecule has 1 heterocycles. The highest BCUT2D eigenvalue weighted by Gasteiger charge is 2.08. The zero-order valence-corrected chi connectivity index (χ0v) is 9.13. The van der Waals surface area contributed by atoms with Gasteiger partial charge in [0.1, 0.15) is 11.6 Å². The number of hydrogen-bond donors (Lipinski definition) is 2. The van der Waals surface area contributed by atoms with Gasteiger partial charge in [-0.3, -0.25) is 0 Å². The Bertz CT molecular complexity index is 498. The van der Waals surface area contributed by atoms with Crippen LogP contribution in [0.2, 0.25) is 5.02 Å². The van der Waals surface area contributed by atoms with Gasteiger partial charge in [-0.2, -0.15) is 0 Å². The van der Waals surface area contributed by atoms with E-state index in [0.717, 1.165) is 0 Å². The van der Waals surface area contributed by atoms with Gasteiger partial charge < -0.3 is 10.1 Å². The molecule has 0 aliphatic heterocycles. The number of H-pyrrole nitrogens is 1. The largest absolute Gasteiger partial charge is 0.396 e. The summed E-state index contributed by atoms with van der Waals surface area (Å²) in [6.45, 7) is 0.00494. The van der Waals surface area contributed by atoms with Crippen LogP contribution in [0, 0.1) is 5.82 Å². The third-order valence-electron chi connectivity index (χ3n) is 2.20. The molecule has 0 radical (unpaired) electrons. The van der Waals surface area contributed by atoms with Crippen LogP contribution in [-0.4, -0.2) is 21.7 Å². The molecule has 0 saturated carbocycles. The molecule has 2 aromatic rings. The molecule has 0 spiro atoms. The first-order valence-corrected chi connectivity index (χ1v) is 5.18. The van der Waals surface area contributed by atoms with E-state index in [9.17, 15) is 4.39 Å². The number of benzene rings is 1. The Morgan fingerprint density at radius 3 is 3.00 bits per heavy atom. The van der Waals surface area contributed by atoms with Crippen LogP contribution in [0.1, 0.15) is 5.82 Å². The van der Waals surface area contributed by atoms with Crippen LogP contribution in [0.4, 0.5) is 4.39 Å². The summed E-state index contributed by atoms with van der Waals surface area (Å²) < 4.78 is 13.5. The van der Waals surface area contributed by atoms with Crippen molar-refractivity contribution >= 4 is 11.6 Å². The summed E-state index contributed by atoms with van der Waals surface area (Å²) in [7, 11) is 0.